The zero-order valence-electron chi connectivity index (χ0n) is 18.9. The highest BCUT2D eigenvalue weighted by Gasteiger charge is 2.14. The molecule has 10 heteroatoms. The zero-order valence-corrected chi connectivity index (χ0v) is 18.9. The van der Waals surface area contributed by atoms with Gasteiger partial charge in [-0.15, -0.1) is 0 Å². The molecule has 3 aromatic rings. The lowest BCUT2D eigenvalue weighted by Crippen LogP contribution is -2.42. The van der Waals surface area contributed by atoms with Crippen molar-refractivity contribution in [1.29, 1.82) is 0 Å². The molecule has 0 radical (unpaired) electrons. The molecule has 1 aromatic carbocycles. The third-order valence-corrected chi connectivity index (χ3v) is 5.23. The third-order valence-electron chi connectivity index (χ3n) is 5.23. The Morgan fingerprint density at radius 1 is 0.939 bits per heavy atom. The molecule has 2 heterocycles. The predicted molar refractivity (Wildman–Crippen MR) is 123 cm³/mol. The van der Waals surface area contributed by atoms with Crippen LogP contribution in [-0.2, 0) is 14.1 Å². The van der Waals surface area contributed by atoms with Gasteiger partial charge >= 0.3 is 5.69 Å². The van der Waals surface area contributed by atoms with Gasteiger partial charge in [-0.1, -0.05) is 26.2 Å². The van der Waals surface area contributed by atoms with Crippen LogP contribution in [0.25, 0.3) is 11.0 Å². The minimum Gasteiger partial charge on any atom is -0.494 e. The number of rotatable bonds is 8. The van der Waals surface area contributed by atoms with Crippen molar-refractivity contribution < 1.29 is 14.3 Å². The Balaban J connectivity index is 1.61. The van der Waals surface area contributed by atoms with Gasteiger partial charge in [0.1, 0.15) is 11.4 Å². The molecule has 0 saturated heterocycles. The Morgan fingerprint density at radius 2 is 1.61 bits per heavy atom. The second-order valence-corrected chi connectivity index (χ2v) is 7.64. The van der Waals surface area contributed by atoms with Crippen molar-refractivity contribution in [2.45, 2.75) is 32.6 Å². The minimum atomic E-state index is -0.652. The lowest BCUT2D eigenvalue weighted by Gasteiger charge is -2.10. The molecule has 0 atom stereocenters. The summed E-state index contributed by atoms with van der Waals surface area (Å²) in [7, 11) is 2.83. The van der Waals surface area contributed by atoms with Crippen molar-refractivity contribution in [3.8, 4) is 5.75 Å². The number of aromatic nitrogens is 3. The van der Waals surface area contributed by atoms with Crippen molar-refractivity contribution >= 4 is 22.8 Å². The predicted octanol–water partition coefficient (Wildman–Crippen LogP) is 1.67. The van der Waals surface area contributed by atoms with Crippen LogP contribution in [0.3, 0.4) is 0 Å². The summed E-state index contributed by atoms with van der Waals surface area (Å²) in [5.74, 6) is -0.490. The fourth-order valence-corrected chi connectivity index (χ4v) is 3.27. The molecule has 0 aliphatic heterocycles. The largest absolute Gasteiger partial charge is 0.494 e. The summed E-state index contributed by atoms with van der Waals surface area (Å²) in [5.41, 5.74) is 4.12. The van der Waals surface area contributed by atoms with Gasteiger partial charge < -0.3 is 4.74 Å². The number of nitrogens with zero attached hydrogens (tertiary/aromatic N) is 3. The molecule has 2 amide bonds. The monoisotopic (exact) mass is 453 g/mol. The molecular formula is C23H27N5O5. The van der Waals surface area contributed by atoms with Gasteiger partial charge in [0.25, 0.3) is 17.4 Å². The number of unbranched alkanes of at least 4 members (excludes halogenated alkanes) is 3. The number of pyridine rings is 1. The maximum atomic E-state index is 12.5. The molecule has 3 rings (SSSR count). The topological polar surface area (TPSA) is 124 Å². The molecule has 0 saturated carbocycles. The van der Waals surface area contributed by atoms with Gasteiger partial charge in [0, 0.05) is 25.9 Å². The number of ether oxygens (including phenoxy) is 1. The molecule has 10 nitrogen and oxygen atoms in total. The van der Waals surface area contributed by atoms with Crippen LogP contribution in [-0.4, -0.2) is 32.5 Å². The number of aryl methyl sites for hydroxylation is 1. The van der Waals surface area contributed by atoms with E-state index in [1.807, 2.05) is 0 Å². The quantitative estimate of drug-likeness (QED) is 0.395. The van der Waals surface area contributed by atoms with Gasteiger partial charge in [0.15, 0.2) is 0 Å². The van der Waals surface area contributed by atoms with Gasteiger partial charge in [0.05, 0.1) is 17.6 Å². The van der Waals surface area contributed by atoms with E-state index in [0.717, 1.165) is 23.8 Å². The molecule has 2 aromatic heterocycles. The third kappa shape index (κ3) is 5.46. The van der Waals surface area contributed by atoms with E-state index in [0.29, 0.717) is 17.9 Å². The van der Waals surface area contributed by atoms with E-state index in [4.69, 9.17) is 4.74 Å². The fraction of sp³-hybridized carbons (Fsp3) is 0.348. The van der Waals surface area contributed by atoms with Crippen molar-refractivity contribution in [3.05, 3.63) is 68.5 Å². The van der Waals surface area contributed by atoms with Crippen LogP contribution in [0.5, 0.6) is 5.75 Å². The zero-order chi connectivity index (χ0) is 24.0. The van der Waals surface area contributed by atoms with Crippen LogP contribution in [0.15, 0.2) is 46.1 Å². The fourth-order valence-electron chi connectivity index (χ4n) is 3.27. The number of nitrogens with one attached hydrogen (secondary N) is 2. The SMILES string of the molecule is CCCCCCOc1ccc(C(=O)NNC(=O)c2cnc3c(c2)c(=O)n(C)c(=O)n3C)cc1. The second-order valence-electron chi connectivity index (χ2n) is 7.64. The van der Waals surface area contributed by atoms with Crippen molar-refractivity contribution in [2.24, 2.45) is 14.1 Å². The Kier molecular flexibility index (Phi) is 7.60. The Labute approximate surface area is 190 Å². The highest BCUT2D eigenvalue weighted by Crippen LogP contribution is 2.13. The molecule has 0 bridgehead atoms. The minimum absolute atomic E-state index is 0.0605. The molecule has 0 aliphatic carbocycles. The van der Waals surface area contributed by atoms with Gasteiger partial charge in [-0.05, 0) is 36.8 Å². The first-order valence-corrected chi connectivity index (χ1v) is 10.7. The number of amides is 2. The summed E-state index contributed by atoms with van der Waals surface area (Å²) >= 11 is 0. The summed E-state index contributed by atoms with van der Waals surface area (Å²) in [5, 5.41) is 0.115. The van der Waals surface area contributed by atoms with E-state index in [1.54, 1.807) is 24.3 Å². The van der Waals surface area contributed by atoms with Crippen LogP contribution < -0.4 is 26.8 Å². The molecular weight excluding hydrogens is 426 g/mol. The van der Waals surface area contributed by atoms with E-state index in [2.05, 4.69) is 22.8 Å². The van der Waals surface area contributed by atoms with Crippen molar-refractivity contribution in [2.75, 3.05) is 6.61 Å². The average molecular weight is 453 g/mol. The average Bonchev–Trinajstić information content (AvgIpc) is 2.84. The van der Waals surface area contributed by atoms with Crippen molar-refractivity contribution in [1.82, 2.24) is 25.0 Å². The van der Waals surface area contributed by atoms with Crippen LogP contribution in [0.4, 0.5) is 0 Å². The normalized spacial score (nSPS) is 10.8. The van der Waals surface area contributed by atoms with Crippen LogP contribution >= 0.6 is 0 Å². The van der Waals surface area contributed by atoms with Gasteiger partial charge in [-0.2, -0.15) is 0 Å². The Hall–Kier alpha value is -3.95. The van der Waals surface area contributed by atoms with Gasteiger partial charge in [-0.3, -0.25) is 34.4 Å². The second kappa shape index (κ2) is 10.6. The number of hydrazine groups is 1. The summed E-state index contributed by atoms with van der Waals surface area (Å²) in [6, 6.07) is 7.93. The van der Waals surface area contributed by atoms with E-state index in [-0.39, 0.29) is 16.6 Å². The van der Waals surface area contributed by atoms with E-state index >= 15 is 0 Å². The number of fused-ring (bicyclic) bond motifs is 1. The van der Waals surface area contributed by atoms with E-state index < -0.39 is 23.1 Å². The number of hydrogen-bond acceptors (Lipinski definition) is 6. The molecule has 0 aliphatic rings. The van der Waals surface area contributed by atoms with Gasteiger partial charge in [-0.25, -0.2) is 9.78 Å². The van der Waals surface area contributed by atoms with Crippen LogP contribution in [0.1, 0.15) is 53.3 Å². The molecule has 0 unspecified atom stereocenters. The number of carbonyl (C=O) groups excluding carboxylic acids is 2. The lowest BCUT2D eigenvalue weighted by molar-refractivity contribution is 0.0846. The number of benzene rings is 1. The number of carbonyl (C=O) groups is 2. The summed E-state index contributed by atoms with van der Waals surface area (Å²) in [6.45, 7) is 2.77. The van der Waals surface area contributed by atoms with E-state index in [1.165, 1.54) is 37.3 Å². The highest BCUT2D eigenvalue weighted by atomic mass is 16.5. The maximum absolute atomic E-state index is 12.5. The summed E-state index contributed by atoms with van der Waals surface area (Å²) in [4.78, 5) is 53.2. The van der Waals surface area contributed by atoms with Crippen molar-refractivity contribution in [3.63, 3.8) is 0 Å². The maximum Gasteiger partial charge on any atom is 0.332 e. The number of hydrogen-bond donors (Lipinski definition) is 2. The molecule has 33 heavy (non-hydrogen) atoms. The van der Waals surface area contributed by atoms with E-state index in [9.17, 15) is 19.2 Å². The molecule has 0 fully saturated rings. The van der Waals surface area contributed by atoms with Crippen LogP contribution in [0, 0.1) is 0 Å². The standard InChI is InChI=1S/C23H27N5O5/c1-4-5-6-7-12-33-17-10-8-15(9-11-17)20(29)25-26-21(30)16-13-18-19(24-14-16)27(2)23(32)28(3)22(18)31/h8-11,13-14H,4-7,12H2,1-3H3,(H,25,29)(H,26,30). The first kappa shape index (κ1) is 23.7. The van der Waals surface area contributed by atoms with Gasteiger partial charge in [0.2, 0.25) is 0 Å². The smallest absolute Gasteiger partial charge is 0.332 e. The molecule has 2 N–H and O–H groups in total. The van der Waals surface area contributed by atoms with Crippen LogP contribution in [0.2, 0.25) is 0 Å². The Bertz CT molecular complexity index is 1280. The summed E-state index contributed by atoms with van der Waals surface area (Å²) in [6.07, 6.45) is 5.68. The Morgan fingerprint density at radius 3 is 2.27 bits per heavy atom. The summed E-state index contributed by atoms with van der Waals surface area (Å²) < 4.78 is 7.81. The first-order valence-electron chi connectivity index (χ1n) is 10.7. The highest BCUT2D eigenvalue weighted by molar-refractivity contribution is 6.00. The molecule has 174 valence electrons. The lowest BCUT2D eigenvalue weighted by atomic mass is 10.2. The molecule has 0 spiro atoms. The first-order chi connectivity index (χ1) is 15.8.